The molecule has 1 unspecified atom stereocenters. The van der Waals surface area contributed by atoms with Crippen molar-refractivity contribution in [2.45, 2.75) is 26.6 Å². The molecular weight excluding hydrogens is 408 g/mol. The van der Waals surface area contributed by atoms with Crippen LogP contribution in [0.5, 0.6) is 11.5 Å². The number of hydrogen-bond donors (Lipinski definition) is 3. The van der Waals surface area contributed by atoms with Gasteiger partial charge in [0.25, 0.3) is 0 Å². The Morgan fingerprint density at radius 2 is 1.88 bits per heavy atom. The number of carbonyl (C=O) groups is 1. The highest BCUT2D eigenvalue weighted by atomic mass is 16.5. The summed E-state index contributed by atoms with van der Waals surface area (Å²) >= 11 is 0. The van der Waals surface area contributed by atoms with E-state index in [9.17, 15) is 15.0 Å². The molecule has 0 saturated carbocycles. The summed E-state index contributed by atoms with van der Waals surface area (Å²) in [6, 6.07) is 18.0. The molecule has 1 atom stereocenters. The van der Waals surface area contributed by atoms with Gasteiger partial charge in [-0.1, -0.05) is 42.5 Å². The summed E-state index contributed by atoms with van der Waals surface area (Å²) in [5, 5.41) is 34.9. The highest BCUT2D eigenvalue weighted by Crippen LogP contribution is 2.31. The first-order chi connectivity index (χ1) is 15.4. The normalized spacial score (nSPS) is 11.8. The van der Waals surface area contributed by atoms with Crippen molar-refractivity contribution in [2.75, 3.05) is 0 Å². The van der Waals surface area contributed by atoms with Crippen LogP contribution in [0.1, 0.15) is 45.6 Å². The molecule has 3 N–H and O–H groups in total. The van der Waals surface area contributed by atoms with Crippen LogP contribution in [-0.2, 0) is 6.61 Å². The van der Waals surface area contributed by atoms with Crippen LogP contribution in [0.15, 0.2) is 60.7 Å². The van der Waals surface area contributed by atoms with Crippen molar-refractivity contribution in [3.05, 3.63) is 88.5 Å². The van der Waals surface area contributed by atoms with E-state index >= 15 is 0 Å². The van der Waals surface area contributed by atoms with Gasteiger partial charge in [0.1, 0.15) is 24.2 Å². The van der Waals surface area contributed by atoms with Gasteiger partial charge in [-0.15, -0.1) is 10.2 Å². The third kappa shape index (κ3) is 4.35. The van der Waals surface area contributed by atoms with Gasteiger partial charge in [-0.05, 0) is 54.0 Å². The number of Topliss-reactive ketones (excluding diaryl/α,β-unsaturated/α-hetero) is 1. The van der Waals surface area contributed by atoms with Crippen molar-refractivity contribution >= 4 is 5.78 Å². The molecule has 0 aliphatic carbocycles. The summed E-state index contributed by atoms with van der Waals surface area (Å²) in [5.74, 6) is 0.713. The van der Waals surface area contributed by atoms with Crippen molar-refractivity contribution in [1.82, 2.24) is 20.6 Å². The van der Waals surface area contributed by atoms with Gasteiger partial charge in [0.2, 0.25) is 5.82 Å². The minimum Gasteiger partial charge on any atom is -0.507 e. The Labute approximate surface area is 184 Å². The summed E-state index contributed by atoms with van der Waals surface area (Å²) in [6.07, 6.45) is -0.810. The average molecular weight is 430 g/mol. The molecule has 1 aromatic heterocycles. The lowest BCUT2D eigenvalue weighted by atomic mass is 9.98. The summed E-state index contributed by atoms with van der Waals surface area (Å²) in [4.78, 5) is 11.5. The van der Waals surface area contributed by atoms with E-state index in [2.05, 4.69) is 20.6 Å². The van der Waals surface area contributed by atoms with Crippen molar-refractivity contribution in [3.63, 3.8) is 0 Å². The predicted molar refractivity (Wildman–Crippen MR) is 117 cm³/mol. The number of rotatable bonds is 7. The summed E-state index contributed by atoms with van der Waals surface area (Å²) < 4.78 is 5.82. The smallest absolute Gasteiger partial charge is 0.204 e. The number of carbonyl (C=O) groups excluding carboxylic acids is 1. The second-order valence-electron chi connectivity index (χ2n) is 7.43. The van der Waals surface area contributed by atoms with E-state index in [1.54, 1.807) is 19.1 Å². The zero-order valence-electron chi connectivity index (χ0n) is 17.6. The molecule has 0 aliphatic heterocycles. The van der Waals surface area contributed by atoms with E-state index in [4.69, 9.17) is 4.74 Å². The van der Waals surface area contributed by atoms with E-state index < -0.39 is 6.10 Å². The fourth-order valence-corrected chi connectivity index (χ4v) is 3.40. The molecule has 4 rings (SSSR count). The molecule has 0 amide bonds. The molecule has 4 aromatic rings. The number of hydrogen-bond acceptors (Lipinski definition) is 7. The van der Waals surface area contributed by atoms with Gasteiger partial charge in [0.15, 0.2) is 5.78 Å². The SMILES string of the molecule is CC(=O)c1ccc(OCc2ccc(C(O)c3cccc(-c4nn[nH]n4)c3)cc2)c(C)c1O. The number of aromatic amines is 1. The number of aromatic hydroxyl groups is 1. The Hall–Kier alpha value is -4.04. The zero-order chi connectivity index (χ0) is 22.7. The van der Waals surface area contributed by atoms with Gasteiger partial charge >= 0.3 is 0 Å². The number of phenolic OH excluding ortho intramolecular Hbond substituents is 1. The van der Waals surface area contributed by atoms with Crippen LogP contribution in [0.4, 0.5) is 0 Å². The Bertz CT molecular complexity index is 1240. The lowest BCUT2D eigenvalue weighted by molar-refractivity contribution is 0.101. The molecule has 8 heteroatoms. The number of nitrogens with zero attached hydrogens (tertiary/aromatic N) is 3. The first kappa shape index (κ1) is 21.2. The predicted octanol–water partition coefficient (Wildman–Crippen LogP) is 3.74. The number of aliphatic hydroxyl groups is 1. The molecular formula is C24H22N4O4. The number of nitrogens with one attached hydrogen (secondary N) is 1. The fourth-order valence-electron chi connectivity index (χ4n) is 3.40. The fraction of sp³-hybridized carbons (Fsp3) is 0.167. The number of ether oxygens (including phenoxy) is 1. The monoisotopic (exact) mass is 430 g/mol. The van der Waals surface area contributed by atoms with Crippen molar-refractivity contribution < 1.29 is 19.7 Å². The summed E-state index contributed by atoms with van der Waals surface area (Å²) in [6.45, 7) is 3.40. The topological polar surface area (TPSA) is 121 Å². The minimum atomic E-state index is -0.810. The standard InChI is InChI=1S/C24H22N4O4/c1-14-21(11-10-20(15(2)29)22(14)30)32-13-16-6-8-17(9-7-16)23(31)18-4-3-5-19(12-18)24-25-27-28-26-24/h3-12,23,30-31H,13H2,1-2H3,(H,25,26,27,28). The number of aliphatic hydroxyl groups excluding tert-OH is 1. The van der Waals surface area contributed by atoms with E-state index in [1.807, 2.05) is 48.5 Å². The van der Waals surface area contributed by atoms with Gasteiger partial charge in [-0.2, -0.15) is 5.21 Å². The molecule has 32 heavy (non-hydrogen) atoms. The molecule has 0 aliphatic rings. The molecule has 0 bridgehead atoms. The molecule has 0 radical (unpaired) electrons. The maximum absolute atomic E-state index is 11.5. The Kier molecular flexibility index (Phi) is 5.96. The molecule has 0 saturated heterocycles. The number of tetrazole rings is 1. The third-order valence-electron chi connectivity index (χ3n) is 5.26. The molecule has 1 heterocycles. The van der Waals surface area contributed by atoms with Gasteiger partial charge in [-0.3, -0.25) is 4.79 Å². The maximum Gasteiger partial charge on any atom is 0.204 e. The lowest BCUT2D eigenvalue weighted by Crippen LogP contribution is -2.02. The number of H-pyrrole nitrogens is 1. The van der Waals surface area contributed by atoms with Crippen LogP contribution >= 0.6 is 0 Å². The highest BCUT2D eigenvalue weighted by Gasteiger charge is 2.14. The van der Waals surface area contributed by atoms with Crippen LogP contribution in [0.2, 0.25) is 0 Å². The Balaban J connectivity index is 1.45. The first-order valence-electron chi connectivity index (χ1n) is 10.0. The van der Waals surface area contributed by atoms with Gasteiger partial charge in [-0.25, -0.2) is 0 Å². The largest absolute Gasteiger partial charge is 0.507 e. The quantitative estimate of drug-likeness (QED) is 0.382. The molecule has 8 nitrogen and oxygen atoms in total. The Morgan fingerprint density at radius 3 is 2.56 bits per heavy atom. The number of aromatic nitrogens is 4. The third-order valence-corrected chi connectivity index (χ3v) is 5.26. The second-order valence-corrected chi connectivity index (χ2v) is 7.43. The van der Waals surface area contributed by atoms with Gasteiger partial charge in [0, 0.05) is 11.1 Å². The van der Waals surface area contributed by atoms with Gasteiger partial charge in [0.05, 0.1) is 5.56 Å². The molecule has 3 aromatic carbocycles. The first-order valence-corrected chi connectivity index (χ1v) is 10.0. The van der Waals surface area contributed by atoms with Crippen molar-refractivity contribution in [2.24, 2.45) is 0 Å². The molecule has 0 fully saturated rings. The number of phenols is 1. The highest BCUT2D eigenvalue weighted by molar-refractivity contribution is 5.97. The average Bonchev–Trinajstić information content (AvgIpc) is 3.35. The van der Waals surface area contributed by atoms with E-state index in [-0.39, 0.29) is 23.7 Å². The molecule has 162 valence electrons. The van der Waals surface area contributed by atoms with E-state index in [0.717, 1.165) is 16.7 Å². The number of ketones is 1. The van der Waals surface area contributed by atoms with Crippen LogP contribution in [0, 0.1) is 6.92 Å². The van der Waals surface area contributed by atoms with Crippen LogP contribution in [0.25, 0.3) is 11.4 Å². The maximum atomic E-state index is 11.5. The van der Waals surface area contributed by atoms with Crippen molar-refractivity contribution in [1.29, 1.82) is 0 Å². The summed E-state index contributed by atoms with van der Waals surface area (Å²) in [7, 11) is 0. The minimum absolute atomic E-state index is 0.0588. The van der Waals surface area contributed by atoms with E-state index in [0.29, 0.717) is 22.7 Å². The van der Waals surface area contributed by atoms with Crippen LogP contribution < -0.4 is 4.74 Å². The van der Waals surface area contributed by atoms with E-state index in [1.165, 1.54) is 6.92 Å². The van der Waals surface area contributed by atoms with Crippen molar-refractivity contribution in [3.8, 4) is 22.9 Å². The van der Waals surface area contributed by atoms with Crippen LogP contribution in [0.3, 0.4) is 0 Å². The van der Waals surface area contributed by atoms with Crippen LogP contribution in [-0.4, -0.2) is 36.6 Å². The van der Waals surface area contributed by atoms with Gasteiger partial charge < -0.3 is 14.9 Å². The lowest BCUT2D eigenvalue weighted by Gasteiger charge is -2.14. The number of benzene rings is 3. The molecule has 0 spiro atoms. The zero-order valence-corrected chi connectivity index (χ0v) is 17.6. The summed E-state index contributed by atoms with van der Waals surface area (Å²) in [5.41, 5.74) is 3.90. The second kappa shape index (κ2) is 8.99. The Morgan fingerprint density at radius 1 is 1.09 bits per heavy atom.